The van der Waals surface area contributed by atoms with Gasteiger partial charge in [-0.2, -0.15) is 0 Å². The maximum atomic E-state index is 10.2. The van der Waals surface area contributed by atoms with Crippen LogP contribution in [-0.4, -0.2) is 29.2 Å². The van der Waals surface area contributed by atoms with Gasteiger partial charge in [0.05, 0.1) is 6.61 Å². The molecule has 1 atom stereocenters. The number of benzene rings is 1. The second-order valence-electron chi connectivity index (χ2n) is 5.01. The van der Waals surface area contributed by atoms with E-state index in [2.05, 4.69) is 11.8 Å². The van der Waals surface area contributed by atoms with E-state index in [1.165, 1.54) is 19.3 Å². The van der Waals surface area contributed by atoms with Gasteiger partial charge in [-0.15, -0.1) is 0 Å². The van der Waals surface area contributed by atoms with Crippen LogP contribution in [0, 0.1) is 0 Å². The van der Waals surface area contributed by atoms with Crippen LogP contribution in [0.15, 0.2) is 18.2 Å². The summed E-state index contributed by atoms with van der Waals surface area (Å²) in [6.45, 7) is 6.71. The molecule has 1 aliphatic rings. The summed E-state index contributed by atoms with van der Waals surface area (Å²) in [5.41, 5.74) is 0.967. The van der Waals surface area contributed by atoms with E-state index >= 15 is 0 Å². The van der Waals surface area contributed by atoms with Gasteiger partial charge in [-0.25, -0.2) is 0 Å². The normalized spacial score (nSPS) is 20.9. The van der Waals surface area contributed by atoms with Gasteiger partial charge < -0.3 is 9.84 Å². The topological polar surface area (TPSA) is 32.7 Å². The van der Waals surface area contributed by atoms with Crippen molar-refractivity contribution in [3.05, 3.63) is 23.8 Å². The Morgan fingerprint density at radius 3 is 2.94 bits per heavy atom. The number of hydrogen-bond donors (Lipinski definition) is 1. The summed E-state index contributed by atoms with van der Waals surface area (Å²) in [5.74, 6) is 0.900. The molecule has 0 saturated carbocycles. The fourth-order valence-corrected chi connectivity index (χ4v) is 2.58. The summed E-state index contributed by atoms with van der Waals surface area (Å²) >= 11 is 0. The number of aromatic hydroxyl groups is 1. The minimum atomic E-state index is 0.303. The number of phenolic OH excluding ortho intramolecular Hbond substituents is 1. The van der Waals surface area contributed by atoms with Gasteiger partial charge in [-0.1, -0.05) is 18.6 Å². The summed E-state index contributed by atoms with van der Waals surface area (Å²) < 4.78 is 5.42. The molecule has 18 heavy (non-hydrogen) atoms. The smallest absolute Gasteiger partial charge is 0.162 e. The Bertz CT molecular complexity index is 392. The van der Waals surface area contributed by atoms with Crippen molar-refractivity contribution in [1.29, 1.82) is 0 Å². The maximum Gasteiger partial charge on any atom is 0.162 e. The summed E-state index contributed by atoms with van der Waals surface area (Å²) in [6.07, 6.45) is 3.84. The average Bonchev–Trinajstić information content (AvgIpc) is 2.37. The molecule has 0 aliphatic carbocycles. The molecule has 0 spiro atoms. The van der Waals surface area contributed by atoms with Crippen LogP contribution in [-0.2, 0) is 6.54 Å². The highest BCUT2D eigenvalue weighted by Crippen LogP contribution is 2.31. The van der Waals surface area contributed by atoms with Crippen LogP contribution in [0.2, 0.25) is 0 Å². The third-order valence-electron chi connectivity index (χ3n) is 3.70. The molecule has 100 valence electrons. The highest BCUT2D eigenvalue weighted by atomic mass is 16.5. The van der Waals surface area contributed by atoms with Crippen molar-refractivity contribution in [2.45, 2.75) is 45.7 Å². The van der Waals surface area contributed by atoms with Crippen molar-refractivity contribution in [2.24, 2.45) is 0 Å². The second-order valence-corrected chi connectivity index (χ2v) is 5.01. The van der Waals surface area contributed by atoms with E-state index in [4.69, 9.17) is 4.74 Å². The van der Waals surface area contributed by atoms with Crippen LogP contribution in [0.25, 0.3) is 0 Å². The molecule has 1 aliphatic heterocycles. The molecule has 1 fully saturated rings. The second kappa shape index (κ2) is 6.10. The van der Waals surface area contributed by atoms with E-state index in [0.717, 1.165) is 18.7 Å². The summed E-state index contributed by atoms with van der Waals surface area (Å²) in [4.78, 5) is 2.44. The van der Waals surface area contributed by atoms with Gasteiger partial charge in [-0.05, 0) is 39.3 Å². The Morgan fingerprint density at radius 1 is 1.39 bits per heavy atom. The fourth-order valence-electron chi connectivity index (χ4n) is 2.58. The van der Waals surface area contributed by atoms with E-state index in [9.17, 15) is 5.11 Å². The van der Waals surface area contributed by atoms with Crippen LogP contribution >= 0.6 is 0 Å². The largest absolute Gasteiger partial charge is 0.504 e. The lowest BCUT2D eigenvalue weighted by molar-refractivity contribution is 0.151. The molecular formula is C15H23NO2. The molecule has 3 nitrogen and oxygen atoms in total. The zero-order chi connectivity index (χ0) is 13.0. The van der Waals surface area contributed by atoms with Crippen molar-refractivity contribution >= 4 is 0 Å². The van der Waals surface area contributed by atoms with E-state index < -0.39 is 0 Å². The Balaban J connectivity index is 2.10. The van der Waals surface area contributed by atoms with Gasteiger partial charge in [0.2, 0.25) is 0 Å². The molecule has 1 aromatic rings. The minimum Gasteiger partial charge on any atom is -0.504 e. The Morgan fingerprint density at radius 2 is 2.22 bits per heavy atom. The quantitative estimate of drug-likeness (QED) is 0.889. The lowest BCUT2D eigenvalue weighted by Gasteiger charge is -2.33. The molecule has 0 bridgehead atoms. The fraction of sp³-hybridized carbons (Fsp3) is 0.600. The van der Waals surface area contributed by atoms with Crippen LogP contribution in [0.5, 0.6) is 11.5 Å². The number of para-hydroxylation sites is 1. The molecule has 1 unspecified atom stereocenters. The van der Waals surface area contributed by atoms with Gasteiger partial charge in [0.15, 0.2) is 11.5 Å². The number of phenols is 1. The summed E-state index contributed by atoms with van der Waals surface area (Å²) in [6, 6.07) is 6.37. The standard InChI is InChI=1S/C15H23NO2/c1-3-18-14-9-6-8-13(15(14)17)11-16-10-5-4-7-12(16)2/h6,8-9,12,17H,3-5,7,10-11H2,1-2H3. The molecule has 1 aromatic carbocycles. The SMILES string of the molecule is CCOc1cccc(CN2CCCCC2C)c1O. The molecule has 3 heteroatoms. The van der Waals surface area contributed by atoms with Crippen molar-refractivity contribution in [3.8, 4) is 11.5 Å². The van der Waals surface area contributed by atoms with Crippen molar-refractivity contribution in [1.82, 2.24) is 4.90 Å². The lowest BCUT2D eigenvalue weighted by Crippen LogP contribution is -2.36. The third-order valence-corrected chi connectivity index (χ3v) is 3.70. The predicted octanol–water partition coefficient (Wildman–Crippen LogP) is 3.17. The molecule has 0 amide bonds. The lowest BCUT2D eigenvalue weighted by atomic mass is 10.0. The monoisotopic (exact) mass is 249 g/mol. The van der Waals surface area contributed by atoms with Crippen molar-refractivity contribution < 1.29 is 9.84 Å². The first-order valence-electron chi connectivity index (χ1n) is 6.90. The van der Waals surface area contributed by atoms with Crippen LogP contribution in [0.3, 0.4) is 0 Å². The number of ether oxygens (including phenoxy) is 1. The number of nitrogens with zero attached hydrogens (tertiary/aromatic N) is 1. The molecule has 1 saturated heterocycles. The van der Waals surface area contributed by atoms with Gasteiger partial charge >= 0.3 is 0 Å². The van der Waals surface area contributed by atoms with Crippen LogP contribution in [0.4, 0.5) is 0 Å². The number of rotatable bonds is 4. The molecular weight excluding hydrogens is 226 g/mol. The number of likely N-dealkylation sites (tertiary alicyclic amines) is 1. The number of piperidine rings is 1. The first-order chi connectivity index (χ1) is 8.72. The molecule has 1 heterocycles. The van der Waals surface area contributed by atoms with E-state index in [1.807, 2.05) is 25.1 Å². The van der Waals surface area contributed by atoms with E-state index in [-0.39, 0.29) is 0 Å². The average molecular weight is 249 g/mol. The summed E-state index contributed by atoms with van der Waals surface area (Å²) in [5, 5.41) is 10.2. The van der Waals surface area contributed by atoms with E-state index in [0.29, 0.717) is 24.1 Å². The van der Waals surface area contributed by atoms with Crippen molar-refractivity contribution in [2.75, 3.05) is 13.2 Å². The Hall–Kier alpha value is -1.22. The molecule has 2 rings (SSSR count). The van der Waals surface area contributed by atoms with Crippen LogP contribution in [0.1, 0.15) is 38.7 Å². The molecule has 0 radical (unpaired) electrons. The third kappa shape index (κ3) is 2.96. The van der Waals surface area contributed by atoms with Crippen LogP contribution < -0.4 is 4.74 Å². The predicted molar refractivity (Wildman–Crippen MR) is 73.0 cm³/mol. The molecule has 0 aromatic heterocycles. The Labute approximate surface area is 109 Å². The maximum absolute atomic E-state index is 10.2. The van der Waals surface area contributed by atoms with Crippen molar-refractivity contribution in [3.63, 3.8) is 0 Å². The summed E-state index contributed by atoms with van der Waals surface area (Å²) in [7, 11) is 0. The number of hydrogen-bond acceptors (Lipinski definition) is 3. The highest BCUT2D eigenvalue weighted by molar-refractivity contribution is 5.45. The first-order valence-corrected chi connectivity index (χ1v) is 6.90. The van der Waals surface area contributed by atoms with Gasteiger partial charge in [0, 0.05) is 18.2 Å². The van der Waals surface area contributed by atoms with Gasteiger partial charge in [-0.3, -0.25) is 4.90 Å². The first kappa shape index (κ1) is 13.2. The highest BCUT2D eigenvalue weighted by Gasteiger charge is 2.20. The minimum absolute atomic E-state index is 0.303. The zero-order valence-corrected chi connectivity index (χ0v) is 11.4. The zero-order valence-electron chi connectivity index (χ0n) is 11.4. The van der Waals surface area contributed by atoms with Gasteiger partial charge in [0.25, 0.3) is 0 Å². The molecule has 1 N–H and O–H groups in total. The van der Waals surface area contributed by atoms with Gasteiger partial charge in [0.1, 0.15) is 0 Å². The Kier molecular flexibility index (Phi) is 4.48. The van der Waals surface area contributed by atoms with E-state index in [1.54, 1.807) is 0 Å².